The van der Waals surface area contributed by atoms with Gasteiger partial charge >= 0.3 is 5.97 Å². The number of carboxylic acid groups (broad SMARTS) is 1. The highest BCUT2D eigenvalue weighted by Crippen LogP contribution is 2.43. The van der Waals surface area contributed by atoms with Crippen LogP contribution in [0.15, 0.2) is 17.9 Å². The number of nitrogens with one attached hydrogen (secondary N) is 1. The maximum absolute atomic E-state index is 10.8. The molecule has 6 nitrogen and oxygen atoms in total. The molecule has 2 N–H and O–H groups in total. The number of benzene rings is 1. The van der Waals surface area contributed by atoms with Crippen molar-refractivity contribution < 1.29 is 9.90 Å². The summed E-state index contributed by atoms with van der Waals surface area (Å²) < 4.78 is 3.61. The monoisotopic (exact) mass is 572 g/mol. The van der Waals surface area contributed by atoms with E-state index in [9.17, 15) is 4.79 Å². The Bertz CT molecular complexity index is 726. The van der Waals surface area contributed by atoms with Gasteiger partial charge < -0.3 is 15.0 Å². The van der Waals surface area contributed by atoms with E-state index in [0.717, 1.165) is 48.0 Å². The van der Waals surface area contributed by atoms with Gasteiger partial charge in [-0.25, -0.2) is 4.98 Å². The van der Waals surface area contributed by atoms with Gasteiger partial charge in [0.15, 0.2) is 0 Å². The number of H-pyrrole nitrogens is 1. The van der Waals surface area contributed by atoms with Crippen molar-refractivity contribution >= 4 is 86.7 Å². The number of hydrogen-bond donors (Lipinski definition) is 2. The molecule has 1 saturated heterocycles. The molecular weight excluding hydrogens is 564 g/mol. The maximum atomic E-state index is 10.8. The van der Waals surface area contributed by atoms with Crippen LogP contribution in [0.2, 0.25) is 0 Å². The lowest BCUT2D eigenvalue weighted by Crippen LogP contribution is -2.48. The Morgan fingerprint density at radius 2 is 1.65 bits per heavy atom. The minimum absolute atomic E-state index is 0.0883. The second kappa shape index (κ2) is 6.99. The van der Waals surface area contributed by atoms with E-state index >= 15 is 0 Å². The smallest absolute Gasteiger partial charge is 0.317 e. The zero-order valence-corrected chi connectivity index (χ0v) is 18.1. The van der Waals surface area contributed by atoms with Gasteiger partial charge in [0.25, 0.3) is 0 Å². The van der Waals surface area contributed by atoms with E-state index in [4.69, 9.17) is 10.1 Å². The molecule has 124 valence electrons. The van der Waals surface area contributed by atoms with Gasteiger partial charge in [-0.3, -0.25) is 9.69 Å². The summed E-state index contributed by atoms with van der Waals surface area (Å²) >= 11 is 14.2. The van der Waals surface area contributed by atoms with Gasteiger partial charge in [0.05, 0.1) is 21.0 Å². The predicted octanol–water partition coefficient (Wildman–Crippen LogP) is 3.82. The van der Waals surface area contributed by atoms with E-state index in [1.807, 2.05) is 4.90 Å². The van der Waals surface area contributed by atoms with Crippen LogP contribution in [0, 0.1) is 0 Å². The van der Waals surface area contributed by atoms with Crippen molar-refractivity contribution in [3.8, 4) is 0 Å². The topological polar surface area (TPSA) is 72.5 Å². The molecule has 0 amide bonds. The summed E-state index contributed by atoms with van der Waals surface area (Å²) in [7, 11) is 0. The molecule has 1 aliphatic heterocycles. The van der Waals surface area contributed by atoms with Crippen LogP contribution in [0.1, 0.15) is 0 Å². The Hall–Kier alpha value is -0.160. The number of halogens is 4. The fraction of sp³-hybridized carbons (Fsp3) is 0.385. The first-order valence-electron chi connectivity index (χ1n) is 6.79. The minimum atomic E-state index is -0.787. The van der Waals surface area contributed by atoms with Crippen molar-refractivity contribution in [2.24, 2.45) is 0 Å². The van der Waals surface area contributed by atoms with Crippen molar-refractivity contribution in [3.63, 3.8) is 0 Å². The van der Waals surface area contributed by atoms with Crippen LogP contribution in [-0.2, 0) is 4.79 Å². The molecule has 0 radical (unpaired) electrons. The zero-order valence-electron chi connectivity index (χ0n) is 11.7. The lowest BCUT2D eigenvalue weighted by atomic mass is 10.3. The van der Waals surface area contributed by atoms with Gasteiger partial charge in [-0.05, 0) is 63.7 Å². The molecule has 23 heavy (non-hydrogen) atoms. The summed E-state index contributed by atoms with van der Waals surface area (Å²) in [4.78, 5) is 22.9. The highest BCUT2D eigenvalue weighted by molar-refractivity contribution is 9.15. The van der Waals surface area contributed by atoms with Gasteiger partial charge in [0, 0.05) is 35.1 Å². The molecule has 1 aromatic carbocycles. The molecule has 0 saturated carbocycles. The van der Waals surface area contributed by atoms with Crippen molar-refractivity contribution in [2.75, 3.05) is 37.6 Å². The predicted molar refractivity (Wildman–Crippen MR) is 103 cm³/mol. The number of piperazine rings is 1. The third-order valence-electron chi connectivity index (χ3n) is 3.73. The van der Waals surface area contributed by atoms with Gasteiger partial charge in [0.2, 0.25) is 5.95 Å². The summed E-state index contributed by atoms with van der Waals surface area (Å²) in [6.07, 6.45) is 0. The second-order valence-electron chi connectivity index (χ2n) is 5.20. The summed E-state index contributed by atoms with van der Waals surface area (Å²) in [5.74, 6) is 0.00567. The van der Waals surface area contributed by atoms with Crippen molar-refractivity contribution in [3.05, 3.63) is 17.9 Å². The summed E-state index contributed by atoms with van der Waals surface area (Å²) in [6, 6.07) is 0. The first-order valence-corrected chi connectivity index (χ1v) is 9.96. The number of carbonyl (C=O) groups is 1. The van der Waals surface area contributed by atoms with E-state index in [2.05, 4.69) is 73.6 Å². The molecule has 1 aliphatic rings. The molecule has 3 rings (SSSR count). The molecule has 1 aromatic heterocycles. The lowest BCUT2D eigenvalue weighted by Gasteiger charge is -2.33. The van der Waals surface area contributed by atoms with Crippen LogP contribution in [0.25, 0.3) is 11.0 Å². The van der Waals surface area contributed by atoms with Gasteiger partial charge in [-0.15, -0.1) is 0 Å². The molecule has 0 atom stereocenters. The third-order valence-corrected chi connectivity index (χ3v) is 8.47. The molecule has 0 spiro atoms. The summed E-state index contributed by atoms with van der Waals surface area (Å²) in [5, 5.41) is 8.86. The molecule has 2 heterocycles. The van der Waals surface area contributed by atoms with Crippen LogP contribution >= 0.6 is 63.7 Å². The second-order valence-corrected chi connectivity index (χ2v) is 8.37. The Morgan fingerprint density at radius 1 is 1.04 bits per heavy atom. The molecule has 2 aromatic rings. The van der Waals surface area contributed by atoms with E-state index in [1.54, 1.807) is 0 Å². The third kappa shape index (κ3) is 3.46. The number of aromatic nitrogens is 2. The summed E-state index contributed by atoms with van der Waals surface area (Å²) in [6.45, 7) is 2.98. The number of hydrogen-bond acceptors (Lipinski definition) is 4. The number of nitrogens with zero attached hydrogens (tertiary/aromatic N) is 3. The van der Waals surface area contributed by atoms with Gasteiger partial charge in [-0.1, -0.05) is 0 Å². The average molecular weight is 576 g/mol. The van der Waals surface area contributed by atoms with E-state index in [0.29, 0.717) is 13.1 Å². The Balaban J connectivity index is 1.86. The number of aromatic amines is 1. The Kier molecular flexibility index (Phi) is 5.37. The quantitative estimate of drug-likeness (QED) is 0.430. The van der Waals surface area contributed by atoms with Gasteiger partial charge in [-0.2, -0.15) is 0 Å². The van der Waals surface area contributed by atoms with Crippen LogP contribution in [0.4, 0.5) is 5.95 Å². The van der Waals surface area contributed by atoms with Crippen molar-refractivity contribution in [2.45, 2.75) is 0 Å². The van der Waals surface area contributed by atoms with E-state index in [-0.39, 0.29) is 6.54 Å². The van der Waals surface area contributed by atoms with E-state index in [1.165, 1.54) is 0 Å². The normalized spacial score (nSPS) is 16.3. The van der Waals surface area contributed by atoms with Crippen LogP contribution in [0.5, 0.6) is 0 Å². The average Bonchev–Trinajstić information content (AvgIpc) is 2.96. The Morgan fingerprint density at radius 3 is 2.26 bits per heavy atom. The fourth-order valence-corrected chi connectivity index (χ4v) is 4.83. The van der Waals surface area contributed by atoms with E-state index < -0.39 is 5.97 Å². The minimum Gasteiger partial charge on any atom is -0.480 e. The number of imidazole rings is 1. The molecule has 10 heteroatoms. The maximum Gasteiger partial charge on any atom is 0.317 e. The molecule has 0 aliphatic carbocycles. The SMILES string of the molecule is O=C(O)CN1CCN(c2nc3c(Br)c(Br)c(Br)c(Br)c3[nH]2)CC1. The van der Waals surface area contributed by atoms with Crippen LogP contribution in [-0.4, -0.2) is 58.7 Å². The highest BCUT2D eigenvalue weighted by atomic mass is 79.9. The zero-order chi connectivity index (χ0) is 16.7. The first kappa shape index (κ1) is 17.7. The van der Waals surface area contributed by atoms with Crippen LogP contribution < -0.4 is 4.90 Å². The van der Waals surface area contributed by atoms with Crippen LogP contribution in [0.3, 0.4) is 0 Å². The number of rotatable bonds is 3. The first-order chi connectivity index (χ1) is 10.9. The van der Waals surface area contributed by atoms with Gasteiger partial charge in [0.1, 0.15) is 5.52 Å². The fourth-order valence-electron chi connectivity index (χ4n) is 2.54. The van der Waals surface area contributed by atoms with Crippen molar-refractivity contribution in [1.82, 2.24) is 14.9 Å². The molecule has 1 fully saturated rings. The lowest BCUT2D eigenvalue weighted by molar-refractivity contribution is -0.138. The molecule has 0 unspecified atom stereocenters. The standard InChI is InChI=1S/C13H12Br4N4O2/c14-7-8(15)10(17)12-11(9(7)16)18-13(19-12)21-3-1-20(2-4-21)5-6(22)23/h1-5H2,(H,18,19)(H,22,23). The highest BCUT2D eigenvalue weighted by Gasteiger charge is 2.23. The number of fused-ring (bicyclic) bond motifs is 1. The number of aliphatic carboxylic acids is 1. The summed E-state index contributed by atoms with van der Waals surface area (Å²) in [5.41, 5.74) is 1.75. The number of carboxylic acids is 1. The molecule has 0 bridgehead atoms. The number of anilines is 1. The Labute approximate surface area is 166 Å². The largest absolute Gasteiger partial charge is 0.480 e. The van der Waals surface area contributed by atoms with Crippen molar-refractivity contribution in [1.29, 1.82) is 0 Å². The molecular formula is C13H12Br4N4O2.